The first kappa shape index (κ1) is 22.3. The Morgan fingerprint density at radius 3 is 2.47 bits per heavy atom. The van der Waals surface area contributed by atoms with Gasteiger partial charge in [0, 0.05) is 62.6 Å². The molecule has 0 saturated heterocycles. The minimum Gasteiger partial charge on any atom is -0.398 e. The lowest BCUT2D eigenvalue weighted by Crippen LogP contribution is -2.38. The Hall–Kier alpha value is -2.88. The van der Waals surface area contributed by atoms with E-state index in [1.165, 1.54) is 61.0 Å². The fraction of sp³-hybridized carbons (Fsp3) is 0.429. The molecule has 0 fully saturated rings. The summed E-state index contributed by atoms with van der Waals surface area (Å²) in [6.45, 7) is 6.54. The summed E-state index contributed by atoms with van der Waals surface area (Å²) in [5.41, 5.74) is 19.4. The van der Waals surface area contributed by atoms with Crippen LogP contribution in [0.2, 0.25) is 0 Å². The number of aromatic nitrogens is 1. The predicted molar refractivity (Wildman–Crippen MR) is 135 cm³/mol. The molecule has 1 aliphatic heterocycles. The van der Waals surface area contributed by atoms with Gasteiger partial charge in [-0.15, -0.1) is 0 Å². The number of allylic oxidation sites excluding steroid dienone is 3. The van der Waals surface area contributed by atoms with Gasteiger partial charge >= 0.3 is 0 Å². The molecule has 1 aromatic carbocycles. The van der Waals surface area contributed by atoms with E-state index in [1.807, 2.05) is 0 Å². The number of pyridine rings is 1. The molecule has 1 aromatic heterocycles. The average molecular weight is 431 g/mol. The number of unbranched alkanes of at least 4 members (excludes halogenated alkanes) is 5. The first-order valence-corrected chi connectivity index (χ1v) is 12.2. The van der Waals surface area contributed by atoms with Gasteiger partial charge in [-0.2, -0.15) is 4.57 Å². The van der Waals surface area contributed by atoms with E-state index in [4.69, 9.17) is 11.5 Å². The van der Waals surface area contributed by atoms with Crippen molar-refractivity contribution >= 4 is 22.3 Å². The van der Waals surface area contributed by atoms with Crippen molar-refractivity contribution in [3.8, 4) is 0 Å². The SMILES string of the molecule is CC1=[N+](CCCCCCCC[n+]2c(C)cc(N)c3ccccc32)C2CC=CC=C2C(N)=C1. The van der Waals surface area contributed by atoms with Crippen LogP contribution < -0.4 is 16.0 Å². The maximum absolute atomic E-state index is 6.26. The summed E-state index contributed by atoms with van der Waals surface area (Å²) in [5, 5.41) is 1.16. The summed E-state index contributed by atoms with van der Waals surface area (Å²) < 4.78 is 4.97. The van der Waals surface area contributed by atoms with Crippen LogP contribution in [-0.2, 0) is 6.54 Å². The molecule has 2 aromatic rings. The second-order valence-electron chi connectivity index (χ2n) is 9.27. The van der Waals surface area contributed by atoms with Gasteiger partial charge in [-0.3, -0.25) is 0 Å². The predicted octanol–water partition coefficient (Wildman–Crippen LogP) is 4.94. The maximum Gasteiger partial charge on any atom is 0.214 e. The highest BCUT2D eigenvalue weighted by molar-refractivity contribution is 5.91. The Balaban J connectivity index is 1.21. The van der Waals surface area contributed by atoms with Crippen molar-refractivity contribution < 1.29 is 9.14 Å². The number of nitrogens with zero attached hydrogens (tertiary/aromatic N) is 2. The Labute approximate surface area is 192 Å². The molecule has 1 aliphatic carbocycles. The van der Waals surface area contributed by atoms with Crippen LogP contribution in [0.25, 0.3) is 10.9 Å². The highest BCUT2D eigenvalue weighted by Gasteiger charge is 2.32. The van der Waals surface area contributed by atoms with Crippen molar-refractivity contribution in [2.24, 2.45) is 5.73 Å². The lowest BCUT2D eigenvalue weighted by atomic mass is 9.92. The Morgan fingerprint density at radius 2 is 1.66 bits per heavy atom. The van der Waals surface area contributed by atoms with Gasteiger partial charge in [0.15, 0.2) is 17.4 Å². The van der Waals surface area contributed by atoms with E-state index < -0.39 is 0 Å². The van der Waals surface area contributed by atoms with Gasteiger partial charge < -0.3 is 11.5 Å². The fourth-order valence-electron chi connectivity index (χ4n) is 5.25. The van der Waals surface area contributed by atoms with Gasteiger partial charge in [-0.25, -0.2) is 4.58 Å². The quantitative estimate of drug-likeness (QED) is 0.437. The fourth-order valence-corrected chi connectivity index (χ4v) is 5.25. The highest BCUT2D eigenvalue weighted by Crippen LogP contribution is 2.25. The molecule has 2 heterocycles. The molecule has 0 bridgehead atoms. The molecule has 0 radical (unpaired) electrons. The summed E-state index contributed by atoms with van der Waals surface area (Å²) >= 11 is 0. The molecule has 1 atom stereocenters. The zero-order valence-electron chi connectivity index (χ0n) is 19.7. The summed E-state index contributed by atoms with van der Waals surface area (Å²) in [5.74, 6) is 0. The third-order valence-corrected chi connectivity index (χ3v) is 6.98. The number of nitrogen functional groups attached to an aromatic ring is 1. The molecular formula is C28H38N4+2. The Kier molecular flexibility index (Phi) is 7.09. The molecule has 4 rings (SSSR count). The van der Waals surface area contributed by atoms with E-state index in [0.29, 0.717) is 6.04 Å². The molecule has 4 heteroatoms. The van der Waals surface area contributed by atoms with Crippen LogP contribution in [0.4, 0.5) is 5.69 Å². The normalized spacial score (nSPS) is 18.0. The van der Waals surface area contributed by atoms with Crippen molar-refractivity contribution in [1.29, 1.82) is 0 Å². The van der Waals surface area contributed by atoms with E-state index in [1.54, 1.807) is 0 Å². The molecule has 4 N–H and O–H groups in total. The van der Waals surface area contributed by atoms with Gasteiger partial charge in [0.25, 0.3) is 0 Å². The summed E-state index contributed by atoms with van der Waals surface area (Å²) in [4.78, 5) is 0. The number of fused-ring (bicyclic) bond motifs is 2. The maximum atomic E-state index is 6.26. The highest BCUT2D eigenvalue weighted by atomic mass is 15.1. The van der Waals surface area contributed by atoms with E-state index in [9.17, 15) is 0 Å². The number of hydrogen-bond acceptors (Lipinski definition) is 2. The first-order chi connectivity index (χ1) is 15.6. The number of rotatable bonds is 9. The zero-order chi connectivity index (χ0) is 22.5. The van der Waals surface area contributed by atoms with Gasteiger partial charge in [0.05, 0.1) is 11.1 Å². The number of aryl methyl sites for hydroxylation is 2. The summed E-state index contributed by atoms with van der Waals surface area (Å²) in [7, 11) is 0. The van der Waals surface area contributed by atoms with E-state index in [0.717, 1.165) is 36.3 Å². The third-order valence-electron chi connectivity index (χ3n) is 6.98. The van der Waals surface area contributed by atoms with Gasteiger partial charge in [-0.1, -0.05) is 43.2 Å². The first-order valence-electron chi connectivity index (χ1n) is 12.2. The zero-order valence-corrected chi connectivity index (χ0v) is 19.7. The second-order valence-corrected chi connectivity index (χ2v) is 9.27. The van der Waals surface area contributed by atoms with Gasteiger partial charge in [0.1, 0.15) is 13.1 Å². The van der Waals surface area contributed by atoms with Crippen molar-refractivity contribution in [3.63, 3.8) is 0 Å². The topological polar surface area (TPSA) is 58.9 Å². The number of para-hydroxylation sites is 1. The van der Waals surface area contributed by atoms with Crippen molar-refractivity contribution in [2.75, 3.05) is 12.3 Å². The molecule has 168 valence electrons. The minimum absolute atomic E-state index is 0.431. The molecular weight excluding hydrogens is 392 g/mol. The summed E-state index contributed by atoms with van der Waals surface area (Å²) in [6.07, 6.45) is 17.4. The van der Waals surface area contributed by atoms with E-state index in [-0.39, 0.29) is 0 Å². The Bertz CT molecular complexity index is 1100. The smallest absolute Gasteiger partial charge is 0.214 e. The van der Waals surface area contributed by atoms with Crippen LogP contribution in [0, 0.1) is 6.92 Å². The van der Waals surface area contributed by atoms with Crippen molar-refractivity contribution in [1.82, 2.24) is 0 Å². The molecule has 4 nitrogen and oxygen atoms in total. The number of hydrogen-bond donors (Lipinski definition) is 2. The van der Waals surface area contributed by atoms with Gasteiger partial charge in [0.2, 0.25) is 5.52 Å². The minimum atomic E-state index is 0.431. The largest absolute Gasteiger partial charge is 0.398 e. The van der Waals surface area contributed by atoms with Crippen molar-refractivity contribution in [2.45, 2.75) is 71.4 Å². The van der Waals surface area contributed by atoms with E-state index in [2.05, 4.69) is 77.6 Å². The molecule has 0 spiro atoms. The van der Waals surface area contributed by atoms with Crippen molar-refractivity contribution in [3.05, 3.63) is 71.6 Å². The molecule has 1 unspecified atom stereocenters. The Morgan fingerprint density at radius 1 is 0.938 bits per heavy atom. The lowest BCUT2D eigenvalue weighted by Gasteiger charge is -2.25. The van der Waals surface area contributed by atoms with Crippen LogP contribution in [0.3, 0.4) is 0 Å². The third kappa shape index (κ3) is 4.79. The lowest BCUT2D eigenvalue weighted by molar-refractivity contribution is -0.677. The number of anilines is 1. The van der Waals surface area contributed by atoms with Crippen LogP contribution in [0.1, 0.15) is 57.6 Å². The van der Waals surface area contributed by atoms with Crippen LogP contribution in [0.15, 0.2) is 65.9 Å². The monoisotopic (exact) mass is 430 g/mol. The molecule has 32 heavy (non-hydrogen) atoms. The van der Waals surface area contributed by atoms with Gasteiger partial charge in [-0.05, 0) is 18.9 Å². The number of nitrogens with two attached hydrogens (primary N) is 2. The van der Waals surface area contributed by atoms with Crippen LogP contribution in [-0.4, -0.2) is 22.9 Å². The molecule has 2 aliphatic rings. The molecule has 0 saturated carbocycles. The standard InChI is InChI=1S/C28H36N4/c1-21-19-25(29)23-13-7-9-15-27(23)31(21)17-11-5-3-4-6-12-18-32-22(2)20-26(30)24-14-8-10-16-28(24)32/h7-10,13-15,19-20,28-30H,3-6,11-12,16-18H2,1-2H3/p+2. The van der Waals surface area contributed by atoms with Crippen LogP contribution >= 0.6 is 0 Å². The summed E-state index contributed by atoms with van der Waals surface area (Å²) in [6, 6.07) is 11.0. The number of benzene rings is 1. The average Bonchev–Trinajstić information content (AvgIpc) is 2.79. The van der Waals surface area contributed by atoms with Crippen LogP contribution in [0.5, 0.6) is 0 Å². The second kappa shape index (κ2) is 10.2. The molecule has 0 amide bonds. The van der Waals surface area contributed by atoms with E-state index >= 15 is 0 Å².